The van der Waals surface area contributed by atoms with E-state index in [1.165, 1.54) is 31.4 Å². The van der Waals surface area contributed by atoms with E-state index in [2.05, 4.69) is 9.46 Å². The molecule has 0 amide bonds. The number of benzene rings is 1. The molecule has 1 atom stereocenters. The summed E-state index contributed by atoms with van der Waals surface area (Å²) >= 11 is 0. The molecule has 1 N–H and O–H groups in total. The van der Waals surface area contributed by atoms with Gasteiger partial charge in [0.2, 0.25) is 10.0 Å². The predicted molar refractivity (Wildman–Crippen MR) is 80.0 cm³/mol. The number of hydrogen-bond acceptors (Lipinski definition) is 5. The lowest BCUT2D eigenvalue weighted by Crippen LogP contribution is -2.34. The zero-order valence-electron chi connectivity index (χ0n) is 12.3. The van der Waals surface area contributed by atoms with Crippen molar-refractivity contribution >= 4 is 16.0 Å². The van der Waals surface area contributed by atoms with Gasteiger partial charge in [0.15, 0.2) is 0 Å². The molecule has 0 spiro atoms. The van der Waals surface area contributed by atoms with Crippen LogP contribution in [0.1, 0.15) is 22.8 Å². The first-order valence-electron chi connectivity index (χ1n) is 6.64. The number of furan rings is 1. The summed E-state index contributed by atoms with van der Waals surface area (Å²) in [6, 6.07) is 7.08. The van der Waals surface area contributed by atoms with Gasteiger partial charge < -0.3 is 9.15 Å². The molecule has 2 rings (SSSR count). The Morgan fingerprint density at radius 2 is 1.95 bits per heavy atom. The van der Waals surface area contributed by atoms with Crippen LogP contribution in [0.5, 0.6) is 0 Å². The molecule has 0 bridgehead atoms. The highest BCUT2D eigenvalue weighted by atomic mass is 32.2. The van der Waals surface area contributed by atoms with Gasteiger partial charge in [-0.1, -0.05) is 0 Å². The van der Waals surface area contributed by atoms with Gasteiger partial charge in [0.1, 0.15) is 0 Å². The molecule has 0 unspecified atom stereocenters. The van der Waals surface area contributed by atoms with Gasteiger partial charge in [0.25, 0.3) is 0 Å². The van der Waals surface area contributed by atoms with Crippen molar-refractivity contribution < 1.29 is 22.4 Å². The third-order valence-corrected chi connectivity index (χ3v) is 4.67. The zero-order valence-corrected chi connectivity index (χ0v) is 13.1. The average Bonchev–Trinajstić information content (AvgIpc) is 2.98. The zero-order chi connectivity index (χ0) is 16.2. The molecule has 2 aromatic rings. The van der Waals surface area contributed by atoms with Crippen molar-refractivity contribution in [3.63, 3.8) is 0 Å². The van der Waals surface area contributed by atoms with E-state index in [1.54, 1.807) is 25.5 Å². The average molecular weight is 323 g/mol. The molecule has 1 aromatic heterocycles. The van der Waals surface area contributed by atoms with Crippen LogP contribution in [-0.2, 0) is 21.2 Å². The van der Waals surface area contributed by atoms with E-state index in [0.29, 0.717) is 12.0 Å². The summed E-state index contributed by atoms with van der Waals surface area (Å²) in [7, 11) is -2.37. The smallest absolute Gasteiger partial charge is 0.337 e. The lowest BCUT2D eigenvalue weighted by Gasteiger charge is -2.13. The first-order valence-corrected chi connectivity index (χ1v) is 8.12. The molecule has 0 saturated carbocycles. The summed E-state index contributed by atoms with van der Waals surface area (Å²) in [4.78, 5) is 11.4. The normalized spacial score (nSPS) is 12.8. The van der Waals surface area contributed by atoms with E-state index in [1.807, 2.05) is 0 Å². The molecule has 1 heterocycles. The van der Waals surface area contributed by atoms with Crippen molar-refractivity contribution in [2.24, 2.45) is 0 Å². The maximum absolute atomic E-state index is 12.3. The lowest BCUT2D eigenvalue weighted by atomic mass is 10.1. The molecule has 0 aliphatic rings. The minimum atomic E-state index is -3.64. The molecule has 0 aliphatic heterocycles. The van der Waals surface area contributed by atoms with Gasteiger partial charge in [-0.05, 0) is 49.2 Å². The summed E-state index contributed by atoms with van der Waals surface area (Å²) in [6.45, 7) is 1.77. The molecule has 1 aromatic carbocycles. The monoisotopic (exact) mass is 323 g/mol. The Morgan fingerprint density at radius 3 is 2.50 bits per heavy atom. The second-order valence-corrected chi connectivity index (χ2v) is 6.59. The van der Waals surface area contributed by atoms with Crippen LogP contribution >= 0.6 is 0 Å². The minimum Gasteiger partial charge on any atom is -0.472 e. The van der Waals surface area contributed by atoms with Crippen LogP contribution in [0, 0.1) is 0 Å². The minimum absolute atomic E-state index is 0.0965. The number of carbonyl (C=O) groups excluding carboxylic acids is 1. The molecule has 0 fully saturated rings. The second kappa shape index (κ2) is 6.76. The fourth-order valence-electron chi connectivity index (χ4n) is 2.02. The van der Waals surface area contributed by atoms with E-state index in [-0.39, 0.29) is 10.9 Å². The van der Waals surface area contributed by atoms with Crippen molar-refractivity contribution in [1.82, 2.24) is 4.72 Å². The van der Waals surface area contributed by atoms with Gasteiger partial charge in [-0.25, -0.2) is 17.9 Å². The molecule has 7 heteroatoms. The van der Waals surface area contributed by atoms with Gasteiger partial charge >= 0.3 is 5.97 Å². The van der Waals surface area contributed by atoms with Crippen LogP contribution in [0.25, 0.3) is 0 Å². The Kier molecular flexibility index (Phi) is 4.99. The van der Waals surface area contributed by atoms with E-state index in [4.69, 9.17) is 4.42 Å². The summed E-state index contributed by atoms with van der Waals surface area (Å²) < 4.78 is 36.7. The number of methoxy groups -OCH3 is 1. The predicted octanol–water partition coefficient (Wildman–Crippen LogP) is 1.98. The van der Waals surface area contributed by atoms with Crippen LogP contribution in [-0.4, -0.2) is 27.5 Å². The molecular weight excluding hydrogens is 306 g/mol. The number of esters is 1. The van der Waals surface area contributed by atoms with E-state index in [0.717, 1.165) is 5.56 Å². The van der Waals surface area contributed by atoms with E-state index in [9.17, 15) is 13.2 Å². The quantitative estimate of drug-likeness (QED) is 0.822. The fourth-order valence-corrected chi connectivity index (χ4v) is 3.27. The maximum Gasteiger partial charge on any atom is 0.337 e. The van der Waals surface area contributed by atoms with Crippen molar-refractivity contribution in [1.29, 1.82) is 0 Å². The molecule has 0 radical (unpaired) electrons. The van der Waals surface area contributed by atoms with Gasteiger partial charge in [-0.15, -0.1) is 0 Å². The number of ether oxygens (including phenoxy) is 1. The third-order valence-electron chi connectivity index (χ3n) is 3.06. The summed E-state index contributed by atoms with van der Waals surface area (Å²) in [5.74, 6) is -0.509. The molecule has 0 aliphatic carbocycles. The molecule has 0 saturated heterocycles. The third kappa shape index (κ3) is 3.96. The standard InChI is InChI=1S/C15H17NO5S/c1-11(9-12-7-8-21-10-12)16-22(18,19)14-5-3-13(4-6-14)15(17)20-2/h3-8,10-11,16H,9H2,1-2H3/t11-/m1/s1. The highest BCUT2D eigenvalue weighted by molar-refractivity contribution is 7.89. The maximum atomic E-state index is 12.3. The lowest BCUT2D eigenvalue weighted by molar-refractivity contribution is 0.0600. The van der Waals surface area contributed by atoms with E-state index < -0.39 is 16.0 Å². The van der Waals surface area contributed by atoms with Crippen LogP contribution in [0.4, 0.5) is 0 Å². The SMILES string of the molecule is COC(=O)c1ccc(S(=O)(=O)N[C@H](C)Cc2ccoc2)cc1. The summed E-state index contributed by atoms with van der Waals surface area (Å²) in [5, 5.41) is 0. The van der Waals surface area contributed by atoms with Crippen LogP contribution in [0.15, 0.2) is 52.2 Å². The fraction of sp³-hybridized carbons (Fsp3) is 0.267. The number of nitrogens with one attached hydrogen (secondary N) is 1. The Bertz CT molecular complexity index is 720. The first-order chi connectivity index (χ1) is 10.4. The van der Waals surface area contributed by atoms with Crippen LogP contribution in [0.3, 0.4) is 0 Å². The highest BCUT2D eigenvalue weighted by Crippen LogP contribution is 2.13. The Hall–Kier alpha value is -2.12. The van der Waals surface area contributed by atoms with Crippen LogP contribution < -0.4 is 4.72 Å². The number of hydrogen-bond donors (Lipinski definition) is 1. The summed E-state index contributed by atoms with van der Waals surface area (Å²) in [5.41, 5.74) is 1.21. The van der Waals surface area contributed by atoms with Gasteiger partial charge in [-0.3, -0.25) is 0 Å². The second-order valence-electron chi connectivity index (χ2n) is 4.87. The van der Waals surface area contributed by atoms with Crippen molar-refractivity contribution in [3.05, 3.63) is 54.0 Å². The number of carbonyl (C=O) groups is 1. The number of rotatable bonds is 6. The Balaban J connectivity index is 2.07. The van der Waals surface area contributed by atoms with Crippen LogP contribution in [0.2, 0.25) is 0 Å². The van der Waals surface area contributed by atoms with Crippen molar-refractivity contribution in [3.8, 4) is 0 Å². The molecule has 22 heavy (non-hydrogen) atoms. The first kappa shape index (κ1) is 16.3. The largest absolute Gasteiger partial charge is 0.472 e. The van der Waals surface area contributed by atoms with Gasteiger partial charge in [-0.2, -0.15) is 0 Å². The summed E-state index contributed by atoms with van der Waals surface area (Å²) in [6.07, 6.45) is 3.65. The Morgan fingerprint density at radius 1 is 1.27 bits per heavy atom. The topological polar surface area (TPSA) is 85.6 Å². The Labute approximate surface area is 129 Å². The number of sulfonamides is 1. The van der Waals surface area contributed by atoms with E-state index >= 15 is 0 Å². The molecule has 6 nitrogen and oxygen atoms in total. The van der Waals surface area contributed by atoms with Gasteiger partial charge in [0.05, 0.1) is 30.1 Å². The highest BCUT2D eigenvalue weighted by Gasteiger charge is 2.18. The van der Waals surface area contributed by atoms with Gasteiger partial charge in [0, 0.05) is 6.04 Å². The molecular formula is C15H17NO5S. The van der Waals surface area contributed by atoms with Crippen molar-refractivity contribution in [2.45, 2.75) is 24.3 Å². The molecule has 118 valence electrons. The van der Waals surface area contributed by atoms with Crippen molar-refractivity contribution in [2.75, 3.05) is 7.11 Å².